The highest BCUT2D eigenvalue weighted by atomic mass is 35.5. The summed E-state index contributed by atoms with van der Waals surface area (Å²) in [5, 5.41) is 0. The van der Waals surface area contributed by atoms with Gasteiger partial charge in [0.1, 0.15) is 11.6 Å². The molecule has 0 fully saturated rings. The first kappa shape index (κ1) is 11.3. The van der Waals surface area contributed by atoms with E-state index in [1.807, 2.05) is 0 Å². The summed E-state index contributed by atoms with van der Waals surface area (Å²) in [7, 11) is 0. The van der Waals surface area contributed by atoms with Gasteiger partial charge in [-0.15, -0.1) is 12.4 Å². The number of rotatable bonds is 1. The molecule has 0 aliphatic rings. The molecular weight excluding hydrogens is 184 g/mol. The monoisotopic (exact) mass is 193 g/mol. The highest BCUT2D eigenvalue weighted by Gasteiger charge is 2.04. The zero-order valence-electron chi connectivity index (χ0n) is 6.60. The van der Waals surface area contributed by atoms with Crippen LogP contribution in [0.2, 0.25) is 0 Å². The minimum Gasteiger partial charge on any atom is -0.326 e. The molecule has 0 unspecified atom stereocenters. The highest BCUT2D eigenvalue weighted by molar-refractivity contribution is 5.85. The summed E-state index contributed by atoms with van der Waals surface area (Å²) in [4.78, 5) is 0. The van der Waals surface area contributed by atoms with Gasteiger partial charge in [0.2, 0.25) is 0 Å². The number of hydrogen-bond acceptors (Lipinski definition) is 1. The number of halogens is 3. The van der Waals surface area contributed by atoms with Crippen LogP contribution in [0, 0.1) is 18.6 Å². The van der Waals surface area contributed by atoms with Crippen LogP contribution in [0.1, 0.15) is 11.1 Å². The van der Waals surface area contributed by atoms with Crippen molar-refractivity contribution < 1.29 is 8.78 Å². The number of hydrogen-bond donors (Lipinski definition) is 1. The van der Waals surface area contributed by atoms with Crippen LogP contribution < -0.4 is 5.73 Å². The number of benzene rings is 1. The fraction of sp³-hybridized carbons (Fsp3) is 0.250. The predicted octanol–water partition coefficient (Wildman–Crippen LogP) is 2.15. The maximum Gasteiger partial charge on any atom is 0.129 e. The summed E-state index contributed by atoms with van der Waals surface area (Å²) in [5.41, 5.74) is 5.73. The summed E-state index contributed by atoms with van der Waals surface area (Å²) in [5.74, 6) is -1.07. The third-order valence-electron chi connectivity index (χ3n) is 1.58. The molecule has 0 saturated heterocycles. The lowest BCUT2D eigenvalue weighted by atomic mass is 10.1. The molecule has 1 nitrogen and oxygen atoms in total. The Morgan fingerprint density at radius 1 is 1.25 bits per heavy atom. The fourth-order valence-corrected chi connectivity index (χ4v) is 0.816. The van der Waals surface area contributed by atoms with Crippen molar-refractivity contribution in [1.82, 2.24) is 0 Å². The Labute approximate surface area is 76.0 Å². The fourth-order valence-electron chi connectivity index (χ4n) is 0.816. The molecule has 0 spiro atoms. The van der Waals surface area contributed by atoms with E-state index in [-0.39, 0.29) is 24.5 Å². The first-order valence-electron chi connectivity index (χ1n) is 3.29. The van der Waals surface area contributed by atoms with Crippen molar-refractivity contribution in [3.8, 4) is 0 Å². The van der Waals surface area contributed by atoms with E-state index in [2.05, 4.69) is 0 Å². The van der Waals surface area contributed by atoms with E-state index in [0.29, 0.717) is 5.56 Å². The van der Waals surface area contributed by atoms with Crippen LogP contribution in [-0.4, -0.2) is 0 Å². The molecule has 1 aromatic carbocycles. The summed E-state index contributed by atoms with van der Waals surface area (Å²) in [6.45, 7) is 1.55. The topological polar surface area (TPSA) is 26.0 Å². The zero-order valence-corrected chi connectivity index (χ0v) is 7.42. The second-order valence-electron chi connectivity index (χ2n) is 2.39. The molecule has 1 rings (SSSR count). The SMILES string of the molecule is Cc1c(F)cc(CN)cc1F.Cl. The minimum absolute atomic E-state index is 0. The molecule has 0 bridgehead atoms. The number of nitrogens with two attached hydrogens (primary N) is 1. The van der Waals surface area contributed by atoms with E-state index < -0.39 is 11.6 Å². The van der Waals surface area contributed by atoms with Gasteiger partial charge < -0.3 is 5.73 Å². The van der Waals surface area contributed by atoms with Gasteiger partial charge in [-0.3, -0.25) is 0 Å². The molecule has 0 saturated carbocycles. The van der Waals surface area contributed by atoms with Gasteiger partial charge in [0.15, 0.2) is 0 Å². The van der Waals surface area contributed by atoms with Crippen molar-refractivity contribution in [2.45, 2.75) is 13.5 Å². The minimum atomic E-state index is -0.537. The summed E-state index contributed by atoms with van der Waals surface area (Å²) >= 11 is 0. The van der Waals surface area contributed by atoms with Crippen LogP contribution in [-0.2, 0) is 6.54 Å². The molecule has 2 N–H and O–H groups in total. The Balaban J connectivity index is 0.00000121. The molecule has 0 aromatic heterocycles. The van der Waals surface area contributed by atoms with Crippen molar-refractivity contribution in [3.05, 3.63) is 34.9 Å². The molecule has 0 aliphatic heterocycles. The third-order valence-corrected chi connectivity index (χ3v) is 1.58. The van der Waals surface area contributed by atoms with E-state index in [1.54, 1.807) is 0 Å². The molecule has 12 heavy (non-hydrogen) atoms. The standard InChI is InChI=1S/C8H9F2N.ClH/c1-5-7(9)2-6(4-11)3-8(5)10;/h2-3H,4,11H2,1H3;1H. The van der Waals surface area contributed by atoms with Crippen LogP contribution in [0.3, 0.4) is 0 Å². The quantitative estimate of drug-likeness (QED) is 0.727. The van der Waals surface area contributed by atoms with Crippen LogP contribution in [0.15, 0.2) is 12.1 Å². The Bertz CT molecular complexity index is 253. The maximum absolute atomic E-state index is 12.7. The van der Waals surface area contributed by atoms with Crippen LogP contribution >= 0.6 is 12.4 Å². The second kappa shape index (κ2) is 4.38. The lowest BCUT2D eigenvalue weighted by molar-refractivity contribution is 0.564. The first-order valence-corrected chi connectivity index (χ1v) is 3.29. The molecular formula is C8H10ClF2N. The van der Waals surface area contributed by atoms with Crippen molar-refractivity contribution >= 4 is 12.4 Å². The molecule has 0 aliphatic carbocycles. The first-order chi connectivity index (χ1) is 5.15. The van der Waals surface area contributed by atoms with Crippen molar-refractivity contribution in [1.29, 1.82) is 0 Å². The van der Waals surface area contributed by atoms with E-state index in [0.717, 1.165) is 0 Å². The van der Waals surface area contributed by atoms with Gasteiger partial charge in [0.25, 0.3) is 0 Å². The average molecular weight is 194 g/mol. The van der Waals surface area contributed by atoms with Crippen molar-refractivity contribution in [2.24, 2.45) is 5.73 Å². The Kier molecular flexibility index (Phi) is 4.13. The smallest absolute Gasteiger partial charge is 0.129 e. The molecule has 1 aromatic rings. The van der Waals surface area contributed by atoms with Gasteiger partial charge in [0.05, 0.1) is 0 Å². The third kappa shape index (κ3) is 2.16. The lowest BCUT2D eigenvalue weighted by Crippen LogP contribution is -1.99. The van der Waals surface area contributed by atoms with Crippen molar-refractivity contribution in [2.75, 3.05) is 0 Å². The highest BCUT2D eigenvalue weighted by Crippen LogP contribution is 2.13. The summed E-state index contributed by atoms with van der Waals surface area (Å²) < 4.78 is 25.5. The average Bonchev–Trinajstić information content (AvgIpc) is 1.99. The molecule has 68 valence electrons. The van der Waals surface area contributed by atoms with Crippen molar-refractivity contribution in [3.63, 3.8) is 0 Å². The van der Waals surface area contributed by atoms with Gasteiger partial charge in [-0.1, -0.05) is 0 Å². The van der Waals surface area contributed by atoms with E-state index >= 15 is 0 Å². The summed E-state index contributed by atoms with van der Waals surface area (Å²) in [6, 6.07) is 2.50. The van der Waals surface area contributed by atoms with Gasteiger partial charge in [0, 0.05) is 12.1 Å². The molecule has 0 atom stereocenters. The van der Waals surface area contributed by atoms with Crippen LogP contribution in [0.5, 0.6) is 0 Å². The Morgan fingerprint density at radius 2 is 1.67 bits per heavy atom. The van der Waals surface area contributed by atoms with Crippen LogP contribution in [0.4, 0.5) is 8.78 Å². The van der Waals surface area contributed by atoms with Gasteiger partial charge >= 0.3 is 0 Å². The van der Waals surface area contributed by atoms with E-state index in [1.165, 1.54) is 19.1 Å². The van der Waals surface area contributed by atoms with Crippen LogP contribution in [0.25, 0.3) is 0 Å². The second-order valence-corrected chi connectivity index (χ2v) is 2.39. The molecule has 0 heterocycles. The summed E-state index contributed by atoms with van der Waals surface area (Å²) in [6.07, 6.45) is 0. The normalized spacial score (nSPS) is 9.33. The maximum atomic E-state index is 12.7. The van der Waals surface area contributed by atoms with E-state index in [4.69, 9.17) is 5.73 Å². The Morgan fingerprint density at radius 3 is 2.00 bits per heavy atom. The molecule has 0 amide bonds. The largest absolute Gasteiger partial charge is 0.326 e. The van der Waals surface area contributed by atoms with Gasteiger partial charge in [-0.05, 0) is 24.6 Å². The Hall–Kier alpha value is -0.670. The molecule has 4 heteroatoms. The lowest BCUT2D eigenvalue weighted by Gasteiger charge is -2.01. The van der Waals surface area contributed by atoms with E-state index in [9.17, 15) is 8.78 Å². The van der Waals surface area contributed by atoms with Gasteiger partial charge in [-0.2, -0.15) is 0 Å². The predicted molar refractivity (Wildman–Crippen MR) is 46.2 cm³/mol. The zero-order chi connectivity index (χ0) is 8.43. The molecule has 0 radical (unpaired) electrons. The van der Waals surface area contributed by atoms with Gasteiger partial charge in [-0.25, -0.2) is 8.78 Å².